The van der Waals surface area contributed by atoms with Crippen molar-refractivity contribution >= 4 is 5.97 Å². The summed E-state index contributed by atoms with van der Waals surface area (Å²) in [5.41, 5.74) is 1.41. The fourth-order valence-corrected chi connectivity index (χ4v) is 2.32. The average molecular weight is 244 g/mol. The van der Waals surface area contributed by atoms with Gasteiger partial charge in [-0.05, 0) is 37.1 Å². The lowest BCUT2D eigenvalue weighted by molar-refractivity contribution is 0.0697. The first kappa shape index (κ1) is 12.6. The summed E-state index contributed by atoms with van der Waals surface area (Å²) in [5, 5.41) is 17.7. The van der Waals surface area contributed by atoms with Crippen molar-refractivity contribution in [2.75, 3.05) is 13.1 Å². The zero-order chi connectivity index (χ0) is 13.0. The van der Waals surface area contributed by atoms with Crippen LogP contribution in [0.3, 0.4) is 0 Å². The van der Waals surface area contributed by atoms with Gasteiger partial charge in [-0.15, -0.1) is 0 Å². The lowest BCUT2D eigenvalue weighted by Crippen LogP contribution is -2.34. The van der Waals surface area contributed by atoms with Gasteiger partial charge in [-0.3, -0.25) is 4.90 Å². The van der Waals surface area contributed by atoms with Crippen molar-refractivity contribution in [3.8, 4) is 6.07 Å². The first-order valence-electron chi connectivity index (χ1n) is 6.13. The molecule has 0 spiro atoms. The third kappa shape index (κ3) is 3.08. The van der Waals surface area contributed by atoms with E-state index in [1.807, 2.05) is 12.1 Å². The first-order chi connectivity index (χ1) is 8.69. The molecule has 1 aliphatic heterocycles. The van der Waals surface area contributed by atoms with E-state index in [1.165, 1.54) is 0 Å². The molecular weight excluding hydrogens is 228 g/mol. The van der Waals surface area contributed by atoms with E-state index in [0.29, 0.717) is 5.56 Å². The summed E-state index contributed by atoms with van der Waals surface area (Å²) in [6, 6.07) is 9.27. The molecule has 4 heteroatoms. The molecular formula is C14H16N2O2. The highest BCUT2D eigenvalue weighted by atomic mass is 16.4. The van der Waals surface area contributed by atoms with E-state index in [4.69, 9.17) is 10.4 Å². The zero-order valence-corrected chi connectivity index (χ0v) is 10.2. The quantitative estimate of drug-likeness (QED) is 0.884. The van der Waals surface area contributed by atoms with Gasteiger partial charge in [-0.1, -0.05) is 12.1 Å². The molecule has 1 aromatic rings. The number of nitrogens with zero attached hydrogens (tertiary/aromatic N) is 2. The standard InChI is InChI=1S/C14H16N2O2/c15-8-12-2-1-7-16(10-12)9-11-3-5-13(6-4-11)14(17)18/h3-6,12H,1-2,7,9-10H2,(H,17,18). The molecule has 94 valence electrons. The van der Waals surface area contributed by atoms with E-state index >= 15 is 0 Å². The van der Waals surface area contributed by atoms with E-state index in [1.54, 1.807) is 12.1 Å². The van der Waals surface area contributed by atoms with Crippen LogP contribution in [-0.2, 0) is 6.54 Å². The Morgan fingerprint density at radius 3 is 2.78 bits per heavy atom. The van der Waals surface area contributed by atoms with Crippen LogP contribution in [0.5, 0.6) is 0 Å². The van der Waals surface area contributed by atoms with Gasteiger partial charge in [0.1, 0.15) is 0 Å². The Bertz CT molecular complexity index is 462. The van der Waals surface area contributed by atoms with Crippen molar-refractivity contribution in [2.24, 2.45) is 5.92 Å². The first-order valence-corrected chi connectivity index (χ1v) is 6.13. The Morgan fingerprint density at radius 2 is 2.17 bits per heavy atom. The van der Waals surface area contributed by atoms with Gasteiger partial charge in [0.15, 0.2) is 0 Å². The number of carbonyl (C=O) groups is 1. The molecule has 1 unspecified atom stereocenters. The highest BCUT2D eigenvalue weighted by Crippen LogP contribution is 2.18. The lowest BCUT2D eigenvalue weighted by atomic mass is 9.99. The van der Waals surface area contributed by atoms with Crippen LogP contribution in [-0.4, -0.2) is 29.1 Å². The number of aromatic carboxylic acids is 1. The van der Waals surface area contributed by atoms with Gasteiger partial charge in [0, 0.05) is 13.1 Å². The van der Waals surface area contributed by atoms with Gasteiger partial charge in [0.25, 0.3) is 0 Å². The second-order valence-electron chi connectivity index (χ2n) is 4.71. The highest BCUT2D eigenvalue weighted by molar-refractivity contribution is 5.87. The molecule has 18 heavy (non-hydrogen) atoms. The predicted octanol–water partition coefficient (Wildman–Crippen LogP) is 2.12. The van der Waals surface area contributed by atoms with Crippen molar-refractivity contribution in [1.82, 2.24) is 4.90 Å². The smallest absolute Gasteiger partial charge is 0.335 e. The Labute approximate surface area is 106 Å². The number of carboxylic acid groups (broad SMARTS) is 1. The Hall–Kier alpha value is -1.86. The van der Waals surface area contributed by atoms with Crippen LogP contribution >= 0.6 is 0 Å². The van der Waals surface area contributed by atoms with Crippen LogP contribution in [0.4, 0.5) is 0 Å². The number of hydrogen-bond acceptors (Lipinski definition) is 3. The summed E-state index contributed by atoms with van der Waals surface area (Å²) in [6.07, 6.45) is 2.05. The van der Waals surface area contributed by atoms with Crippen LogP contribution < -0.4 is 0 Å². The zero-order valence-electron chi connectivity index (χ0n) is 10.2. The van der Waals surface area contributed by atoms with Crippen molar-refractivity contribution in [1.29, 1.82) is 5.26 Å². The molecule has 1 N–H and O–H groups in total. The Morgan fingerprint density at radius 1 is 1.44 bits per heavy atom. The molecule has 0 bridgehead atoms. The molecule has 1 heterocycles. The molecule has 2 rings (SSSR count). The molecule has 0 aromatic heterocycles. The van der Waals surface area contributed by atoms with Gasteiger partial charge in [0.2, 0.25) is 0 Å². The van der Waals surface area contributed by atoms with Crippen molar-refractivity contribution in [2.45, 2.75) is 19.4 Å². The SMILES string of the molecule is N#CC1CCCN(Cc2ccc(C(=O)O)cc2)C1. The topological polar surface area (TPSA) is 64.3 Å². The molecule has 1 aliphatic rings. The largest absolute Gasteiger partial charge is 0.478 e. The third-order valence-electron chi connectivity index (χ3n) is 3.30. The van der Waals surface area contributed by atoms with Gasteiger partial charge < -0.3 is 5.11 Å². The molecule has 0 aliphatic carbocycles. The van der Waals surface area contributed by atoms with Gasteiger partial charge in [0.05, 0.1) is 17.6 Å². The number of likely N-dealkylation sites (tertiary alicyclic amines) is 1. The molecule has 0 amide bonds. The maximum atomic E-state index is 10.7. The number of hydrogen-bond donors (Lipinski definition) is 1. The highest BCUT2D eigenvalue weighted by Gasteiger charge is 2.19. The van der Waals surface area contributed by atoms with Gasteiger partial charge >= 0.3 is 5.97 Å². The van der Waals surface area contributed by atoms with E-state index in [0.717, 1.165) is 38.0 Å². The summed E-state index contributed by atoms with van der Waals surface area (Å²) in [7, 11) is 0. The molecule has 0 saturated carbocycles. The predicted molar refractivity (Wildman–Crippen MR) is 67.0 cm³/mol. The van der Waals surface area contributed by atoms with Gasteiger partial charge in [-0.25, -0.2) is 4.79 Å². The molecule has 1 atom stereocenters. The summed E-state index contributed by atoms with van der Waals surface area (Å²) >= 11 is 0. The summed E-state index contributed by atoms with van der Waals surface area (Å²) < 4.78 is 0. The second-order valence-corrected chi connectivity index (χ2v) is 4.71. The van der Waals surface area contributed by atoms with Crippen molar-refractivity contribution < 1.29 is 9.90 Å². The molecule has 1 fully saturated rings. The minimum absolute atomic E-state index is 0.136. The average Bonchev–Trinajstić information content (AvgIpc) is 2.39. The number of piperidine rings is 1. The van der Waals surface area contributed by atoms with Crippen LogP contribution in [0.1, 0.15) is 28.8 Å². The minimum Gasteiger partial charge on any atom is -0.478 e. The number of nitriles is 1. The number of carboxylic acids is 1. The Kier molecular flexibility index (Phi) is 3.96. The van der Waals surface area contributed by atoms with Crippen LogP contribution in [0.15, 0.2) is 24.3 Å². The molecule has 1 aromatic carbocycles. The lowest BCUT2D eigenvalue weighted by Gasteiger charge is -2.29. The van der Waals surface area contributed by atoms with Crippen LogP contribution in [0, 0.1) is 17.2 Å². The summed E-state index contributed by atoms with van der Waals surface area (Å²) in [4.78, 5) is 13.0. The maximum Gasteiger partial charge on any atom is 0.335 e. The second kappa shape index (κ2) is 5.65. The van der Waals surface area contributed by atoms with Crippen LogP contribution in [0.2, 0.25) is 0 Å². The Balaban J connectivity index is 1.97. The van der Waals surface area contributed by atoms with Crippen LogP contribution in [0.25, 0.3) is 0 Å². The fourth-order valence-electron chi connectivity index (χ4n) is 2.32. The van der Waals surface area contributed by atoms with Crippen molar-refractivity contribution in [3.05, 3.63) is 35.4 Å². The van der Waals surface area contributed by atoms with E-state index < -0.39 is 5.97 Å². The summed E-state index contributed by atoms with van der Waals surface area (Å²) in [5.74, 6) is -0.763. The normalized spacial score (nSPS) is 20.3. The minimum atomic E-state index is -0.899. The van der Waals surface area contributed by atoms with E-state index in [-0.39, 0.29) is 5.92 Å². The maximum absolute atomic E-state index is 10.7. The number of benzene rings is 1. The monoisotopic (exact) mass is 244 g/mol. The molecule has 4 nitrogen and oxygen atoms in total. The third-order valence-corrected chi connectivity index (χ3v) is 3.30. The van der Waals surface area contributed by atoms with Gasteiger partial charge in [-0.2, -0.15) is 5.26 Å². The van der Waals surface area contributed by atoms with Crippen molar-refractivity contribution in [3.63, 3.8) is 0 Å². The fraction of sp³-hybridized carbons (Fsp3) is 0.429. The van der Waals surface area contributed by atoms with E-state index in [9.17, 15) is 4.79 Å². The summed E-state index contributed by atoms with van der Waals surface area (Å²) in [6.45, 7) is 2.62. The molecule has 0 radical (unpaired) electrons. The van der Waals surface area contributed by atoms with E-state index in [2.05, 4.69) is 11.0 Å². The number of rotatable bonds is 3. The molecule has 1 saturated heterocycles.